The van der Waals surface area contributed by atoms with E-state index < -0.39 is 64.4 Å². The zero-order valence-corrected chi connectivity index (χ0v) is 82.8. The molecule has 6 aromatic rings. The van der Waals surface area contributed by atoms with Crippen LogP contribution in [0.5, 0.6) is 12.0 Å². The Kier molecular flexibility index (Phi) is 31.7. The van der Waals surface area contributed by atoms with Crippen LogP contribution >= 0.6 is 32.8 Å². The molecule has 736 valence electrons. The van der Waals surface area contributed by atoms with Crippen LogP contribution in [0, 0.1) is 126 Å². The molecule has 7 unspecified atom stereocenters. The van der Waals surface area contributed by atoms with Crippen molar-refractivity contribution in [2.45, 2.75) is 280 Å². The number of carbonyl (C=O) groups is 3. The molecule has 0 radical (unpaired) electrons. The molecule has 18 rings (SSSR count). The van der Waals surface area contributed by atoms with Crippen LogP contribution in [0.1, 0.15) is 235 Å². The molecule has 42 heteroatoms. The molecule has 8 N–H and O–H groups in total. The van der Waals surface area contributed by atoms with E-state index in [9.17, 15) is 81.6 Å². The van der Waals surface area contributed by atoms with Gasteiger partial charge >= 0.3 is 29.3 Å². The first kappa shape index (κ1) is 104. The molecule has 0 aromatic carbocycles. The lowest BCUT2D eigenvalue weighted by Crippen LogP contribution is -2.34. The highest BCUT2D eigenvalue weighted by Crippen LogP contribution is 2.74. The number of carbonyl (C=O) groups excluding carboxylic acids is 3. The van der Waals surface area contributed by atoms with Gasteiger partial charge in [0.25, 0.3) is 55.5 Å². The van der Waals surface area contributed by atoms with Crippen molar-refractivity contribution in [3.8, 4) is 12.0 Å². The average molecular weight is 1950 g/mol. The Hall–Kier alpha value is -9.08. The Morgan fingerprint density at radius 1 is 0.478 bits per heavy atom. The number of nitrogens with zero attached hydrogens (tertiary/aromatic N) is 9. The molecule has 25 atom stereocenters. The van der Waals surface area contributed by atoms with Gasteiger partial charge in [-0.3, -0.25) is 85.5 Å². The normalized spacial score (nSPS) is 32.6. The lowest BCUT2D eigenvalue weighted by molar-refractivity contribution is -0.151. The number of aromatic amines is 4. The maximum Gasteiger partial charge on any atom is 0.328 e. The molecule has 38 nitrogen and oxygen atoms in total. The molecule has 0 saturated heterocycles. The van der Waals surface area contributed by atoms with Gasteiger partial charge in [-0.25, -0.2) is 16.2 Å². The van der Waals surface area contributed by atoms with Gasteiger partial charge in [0.05, 0.1) is 57.6 Å². The number of fused-ring (bicyclic) bond motifs is 6. The topological polar surface area (TPSA) is 500 Å². The molecular formula is C92H130N13O25PS3. The van der Waals surface area contributed by atoms with Crippen molar-refractivity contribution in [2.75, 3.05) is 59.1 Å². The SMILES string of the molecule is CC.CC(=O)OC1C[C@H](n2cc(C)c(=O)[nH]c2=O)[C@H]2C[C@@]12COS(C)(=O)=O.CCOc1nc(=O)c(C)cn1[C@H]1CC(OC(C)=O)[C@]2(CC)C[C@H]12.CCOc1nc(=O)c(C)cn1[C@H]1CC(OC(C)=O)[C@]2(CO)C[C@H]12.CC[C@@]12C[C@@H]1[C@@H](n1cc(C)c(=O)[nH]c1=S)CC2O.Cc1cn([C@H]2CC(O)[C@]3(CO)C[C@H]23)c(=O)[nH]c1=O.[C-]#[N+]CCOP(C)OC1C[C@H](n2cc(C)c(=O)[nH]c2=S)[C@H]2C[C@@]12CC. The number of hydrogen-bond donors (Lipinski definition) is 8. The Labute approximate surface area is 787 Å². The zero-order valence-electron chi connectivity index (χ0n) is 79.5. The van der Waals surface area contributed by atoms with Crippen LogP contribution in [0.25, 0.3) is 4.85 Å². The van der Waals surface area contributed by atoms with Crippen LogP contribution in [0.15, 0.2) is 75.5 Å². The molecule has 0 spiro atoms. The highest BCUT2D eigenvalue weighted by atomic mass is 32.2. The second-order valence-corrected chi connectivity index (χ2v) is 41.9. The molecule has 12 aliphatic carbocycles. The second-order valence-electron chi connectivity index (χ2n) is 38.1. The van der Waals surface area contributed by atoms with Crippen LogP contribution in [-0.2, 0) is 51.9 Å². The minimum absolute atomic E-state index is 0.000139. The largest absolute Gasteiger partial charge is 0.465 e. The molecule has 12 aliphatic rings. The van der Waals surface area contributed by atoms with Gasteiger partial charge in [0, 0.05) is 186 Å². The summed E-state index contributed by atoms with van der Waals surface area (Å²) in [7, 11) is -4.62. The number of aliphatic hydroxyl groups excluding tert-OH is 4. The summed E-state index contributed by atoms with van der Waals surface area (Å²) < 4.78 is 78.8. The van der Waals surface area contributed by atoms with E-state index >= 15 is 0 Å². The fraction of sp³-hybridized carbons (Fsp3) is 0.696. The summed E-state index contributed by atoms with van der Waals surface area (Å²) in [5.41, 5.74) is -0.227. The Balaban J connectivity index is 0.000000145. The number of rotatable bonds is 26. The van der Waals surface area contributed by atoms with Gasteiger partial charge in [0.15, 0.2) is 17.9 Å². The molecule has 0 aliphatic heterocycles. The number of ether oxygens (including phenoxy) is 5. The van der Waals surface area contributed by atoms with Crippen molar-refractivity contribution >= 4 is 60.8 Å². The van der Waals surface area contributed by atoms with Gasteiger partial charge in [0.1, 0.15) is 24.9 Å². The fourth-order valence-corrected chi connectivity index (χ4v) is 25.1. The third kappa shape index (κ3) is 20.6. The van der Waals surface area contributed by atoms with E-state index in [1.165, 1.54) is 36.1 Å². The van der Waals surface area contributed by atoms with Crippen LogP contribution in [0.2, 0.25) is 0 Å². The van der Waals surface area contributed by atoms with Crippen LogP contribution in [0.3, 0.4) is 0 Å². The minimum atomic E-state index is -3.63. The van der Waals surface area contributed by atoms with Crippen molar-refractivity contribution in [1.82, 2.24) is 57.3 Å². The smallest absolute Gasteiger partial charge is 0.328 e. The van der Waals surface area contributed by atoms with Gasteiger partial charge in [-0.2, -0.15) is 18.4 Å². The second kappa shape index (κ2) is 40.9. The summed E-state index contributed by atoms with van der Waals surface area (Å²) in [5, 5.41) is 39.4. The summed E-state index contributed by atoms with van der Waals surface area (Å²) >= 11 is 10.6. The lowest BCUT2D eigenvalue weighted by atomic mass is 9.97. The summed E-state index contributed by atoms with van der Waals surface area (Å²) in [6.07, 6.45) is 22.0. The third-order valence-corrected chi connectivity index (χ3v) is 33.0. The van der Waals surface area contributed by atoms with Gasteiger partial charge in [-0.05, 0) is 192 Å². The Bertz CT molecular complexity index is 5990. The number of aliphatic hydroxyl groups is 4. The van der Waals surface area contributed by atoms with E-state index in [0.717, 1.165) is 76.9 Å². The number of esters is 3. The number of aromatic nitrogens is 12. The summed E-state index contributed by atoms with van der Waals surface area (Å²) in [5.74, 6) is 0.698. The predicted molar refractivity (Wildman–Crippen MR) is 498 cm³/mol. The van der Waals surface area contributed by atoms with E-state index in [1.807, 2.05) is 73.6 Å². The first-order valence-electron chi connectivity index (χ1n) is 46.3. The van der Waals surface area contributed by atoms with Crippen molar-refractivity contribution in [3.63, 3.8) is 0 Å². The summed E-state index contributed by atoms with van der Waals surface area (Å²) in [6, 6.07) is 0.893. The van der Waals surface area contributed by atoms with Gasteiger partial charge < -0.3 is 67.1 Å². The van der Waals surface area contributed by atoms with Crippen LogP contribution in [-0.4, -0.2) is 200 Å². The van der Waals surface area contributed by atoms with Crippen molar-refractivity contribution in [1.29, 1.82) is 0 Å². The van der Waals surface area contributed by atoms with E-state index in [-0.39, 0.29) is 166 Å². The third-order valence-electron chi connectivity index (χ3n) is 30.7. The van der Waals surface area contributed by atoms with E-state index in [2.05, 4.69) is 60.1 Å². The summed E-state index contributed by atoms with van der Waals surface area (Å²) in [4.78, 5) is 149. The van der Waals surface area contributed by atoms with Crippen molar-refractivity contribution in [3.05, 3.63) is 175 Å². The summed E-state index contributed by atoms with van der Waals surface area (Å²) in [6.45, 7) is 39.0. The van der Waals surface area contributed by atoms with Crippen LogP contribution in [0.4, 0.5) is 0 Å². The van der Waals surface area contributed by atoms with Gasteiger partial charge in [0.2, 0.25) is 6.54 Å². The van der Waals surface area contributed by atoms with E-state index in [1.54, 1.807) is 47.0 Å². The molecule has 0 amide bonds. The predicted octanol–water partition coefficient (Wildman–Crippen LogP) is 8.72. The monoisotopic (exact) mass is 1940 g/mol. The highest BCUT2D eigenvalue weighted by molar-refractivity contribution is 7.86. The minimum Gasteiger partial charge on any atom is -0.465 e. The lowest BCUT2D eigenvalue weighted by Gasteiger charge is -2.26. The molecule has 6 aromatic heterocycles. The van der Waals surface area contributed by atoms with E-state index in [0.29, 0.717) is 119 Å². The molecule has 134 heavy (non-hydrogen) atoms. The molecule has 6 heterocycles. The Morgan fingerprint density at radius 3 is 1.18 bits per heavy atom. The van der Waals surface area contributed by atoms with Gasteiger partial charge in [-0.1, -0.05) is 34.6 Å². The quantitative estimate of drug-likeness (QED) is 0.00478. The van der Waals surface area contributed by atoms with Gasteiger partial charge in [-0.15, -0.1) is 0 Å². The molecule has 0 bridgehead atoms. The highest BCUT2D eigenvalue weighted by Gasteiger charge is 2.73. The maximum absolute atomic E-state index is 12.2. The Morgan fingerprint density at radius 2 is 0.791 bits per heavy atom. The number of H-pyrrole nitrogens is 4. The van der Waals surface area contributed by atoms with Crippen molar-refractivity contribution in [2.24, 2.45) is 68.0 Å². The van der Waals surface area contributed by atoms with Crippen LogP contribution < -0.4 is 54.2 Å². The first-order valence-corrected chi connectivity index (χ1v) is 50.6. The average Bonchev–Trinajstić information content (AvgIpc) is 1.54. The molecular weight excluding hydrogens is 1810 g/mol. The fourth-order valence-electron chi connectivity index (χ4n) is 23.0. The zero-order chi connectivity index (χ0) is 98.5. The first-order chi connectivity index (χ1) is 63.3. The van der Waals surface area contributed by atoms with Crippen molar-refractivity contribution < 1.29 is 80.1 Å². The number of hydrogen-bond acceptors (Lipinski definition) is 29. The standard InChI is InChI=1S/C17H24N3O3PS.C17H24N2O4.C16H22N2O5.C15H20N2O7S.C13H18N2O2S.C12H16N2O4.C2H6/c1-5-17-9-12(17)13(20-10-11(2)15(21)19-16(20)25)8-14(17)23-24(4)22-7-6-18-3;1-5-17-8-12(17)13(7-14(17)23-11(4)20)19-9-10(3)15(21)18-16(19)22-6-2;1-4-22-15-17-14(21)9(2)7-18(15)12-5-13(23-10(3)20)16(8-19)6-11(12)16;1-8-6-17(14(20)16-13(8)19)11-4-12(24-9(2)18)15(5-10(11)15)7-23-25(3,21)22;1-3-13-5-8(13)9(4-10(13)16)15-6-7(2)11(17)14-12(15)18;1-6-4-14(11(18)13-10(6)17)8-2-9(16)12(5-15)3-7(8)12;1-2/h10,12-14H,5-9H2,1-2,4H3,(H,19,21,25);9,12-14H,5-8H2,1-4H3;7,11-13,19H,4-6,8H2,1-3H3;6,10-12H,4-5,7H2,1-3H3,(H,16,19,20);6,8-10,16H,3-5H2,1-2H3,(H,14,17,18);4,7-9,15-16H,2-3,5H2,1H3,(H,13,17,18);1-2H3/t12-,13+,14?,17-,24?;12-,13+,14?,17-;11-,12+,13?,16+;10-,11+,12?,15+;8-,9+,10?,13-;7-,8+,9?,12+;/m111111./s1. The molecule has 12 fully saturated rings. The number of aryl methyl sites for hydroxylation is 6. The number of nitrogens with one attached hydrogen (secondary N) is 4. The molecule has 12 saturated carbocycles. The van der Waals surface area contributed by atoms with E-state index in [4.69, 9.17) is 67.9 Å². The maximum atomic E-state index is 12.2.